The van der Waals surface area contributed by atoms with E-state index in [9.17, 15) is 4.79 Å². The standard InChI is InChI=1S/C27H20N6O2/c34-26(28-20-14-15-23-22(17-20)29-31-33(23)21-11-5-2-6-12-21)25-24-13-7-8-16-32(24)30-27(25)35-18-19-9-3-1-4-10-19/h1-17H,18H2,(H,28,34). The van der Waals surface area contributed by atoms with E-state index in [4.69, 9.17) is 4.74 Å². The van der Waals surface area contributed by atoms with Crippen molar-refractivity contribution in [2.45, 2.75) is 6.61 Å². The second-order valence-electron chi connectivity index (χ2n) is 7.98. The zero-order valence-electron chi connectivity index (χ0n) is 18.6. The molecule has 3 aromatic carbocycles. The van der Waals surface area contributed by atoms with E-state index in [0.29, 0.717) is 28.9 Å². The first-order valence-corrected chi connectivity index (χ1v) is 11.1. The monoisotopic (exact) mass is 460 g/mol. The van der Waals surface area contributed by atoms with Crippen LogP contribution in [0.3, 0.4) is 0 Å². The number of nitrogens with one attached hydrogen (secondary N) is 1. The molecule has 6 aromatic rings. The predicted octanol–water partition coefficient (Wildman–Crippen LogP) is 4.90. The normalized spacial score (nSPS) is 11.1. The summed E-state index contributed by atoms with van der Waals surface area (Å²) < 4.78 is 9.38. The SMILES string of the molecule is O=C(Nc1ccc2c(c1)nnn2-c1ccccc1)c1c(OCc2ccccc2)nn2ccccc12. The van der Waals surface area contributed by atoms with Gasteiger partial charge < -0.3 is 10.1 Å². The van der Waals surface area contributed by atoms with Crippen molar-refractivity contribution in [3.8, 4) is 11.6 Å². The van der Waals surface area contributed by atoms with Crippen LogP contribution < -0.4 is 10.1 Å². The number of benzene rings is 3. The number of fused-ring (bicyclic) bond motifs is 2. The highest BCUT2D eigenvalue weighted by Crippen LogP contribution is 2.26. The summed E-state index contributed by atoms with van der Waals surface area (Å²) in [6.07, 6.45) is 1.79. The zero-order valence-corrected chi connectivity index (χ0v) is 18.6. The lowest BCUT2D eigenvalue weighted by atomic mass is 10.2. The maximum absolute atomic E-state index is 13.4. The molecule has 0 aliphatic rings. The molecular formula is C27H20N6O2. The smallest absolute Gasteiger partial charge is 0.263 e. The van der Waals surface area contributed by atoms with Gasteiger partial charge in [0.25, 0.3) is 5.91 Å². The Labute approximate surface area is 200 Å². The third-order valence-electron chi connectivity index (χ3n) is 5.66. The molecule has 0 aliphatic heterocycles. The number of aromatic nitrogens is 5. The molecule has 3 aromatic heterocycles. The molecule has 170 valence electrons. The molecule has 0 spiro atoms. The van der Waals surface area contributed by atoms with Gasteiger partial charge >= 0.3 is 0 Å². The third-order valence-corrected chi connectivity index (χ3v) is 5.66. The molecule has 1 amide bonds. The maximum Gasteiger partial charge on any atom is 0.263 e. The van der Waals surface area contributed by atoms with Crippen molar-refractivity contribution in [1.29, 1.82) is 0 Å². The van der Waals surface area contributed by atoms with E-state index in [1.807, 2.05) is 91.0 Å². The minimum absolute atomic E-state index is 0.272. The van der Waals surface area contributed by atoms with Crippen molar-refractivity contribution in [3.05, 3.63) is 114 Å². The van der Waals surface area contributed by atoms with E-state index in [1.54, 1.807) is 21.5 Å². The van der Waals surface area contributed by atoms with E-state index >= 15 is 0 Å². The van der Waals surface area contributed by atoms with Crippen LogP contribution in [0.1, 0.15) is 15.9 Å². The minimum atomic E-state index is -0.316. The van der Waals surface area contributed by atoms with Crippen molar-refractivity contribution in [2.75, 3.05) is 5.32 Å². The first-order chi connectivity index (χ1) is 17.3. The fourth-order valence-corrected chi connectivity index (χ4v) is 3.97. The number of hydrogen-bond donors (Lipinski definition) is 1. The van der Waals surface area contributed by atoms with Gasteiger partial charge in [0.2, 0.25) is 5.88 Å². The van der Waals surface area contributed by atoms with E-state index in [2.05, 4.69) is 20.7 Å². The van der Waals surface area contributed by atoms with Crippen LogP contribution in [0.25, 0.3) is 22.2 Å². The highest BCUT2D eigenvalue weighted by molar-refractivity contribution is 6.11. The largest absolute Gasteiger partial charge is 0.471 e. The Kier molecular flexibility index (Phi) is 5.16. The minimum Gasteiger partial charge on any atom is -0.471 e. The fourth-order valence-electron chi connectivity index (χ4n) is 3.97. The highest BCUT2D eigenvalue weighted by atomic mass is 16.5. The van der Waals surface area contributed by atoms with Crippen LogP contribution in [0.5, 0.6) is 5.88 Å². The van der Waals surface area contributed by atoms with Crippen molar-refractivity contribution < 1.29 is 9.53 Å². The van der Waals surface area contributed by atoms with E-state index in [0.717, 1.165) is 16.8 Å². The molecular weight excluding hydrogens is 440 g/mol. The van der Waals surface area contributed by atoms with Crippen LogP contribution in [0, 0.1) is 0 Å². The Morgan fingerprint density at radius 3 is 2.46 bits per heavy atom. The van der Waals surface area contributed by atoms with Gasteiger partial charge in [0.15, 0.2) is 0 Å². The first-order valence-electron chi connectivity index (χ1n) is 11.1. The lowest BCUT2D eigenvalue weighted by Gasteiger charge is -2.08. The van der Waals surface area contributed by atoms with E-state index in [1.165, 1.54) is 0 Å². The lowest BCUT2D eigenvalue weighted by Crippen LogP contribution is -2.13. The van der Waals surface area contributed by atoms with Gasteiger partial charge in [-0.15, -0.1) is 10.2 Å². The summed E-state index contributed by atoms with van der Waals surface area (Å²) >= 11 is 0. The summed E-state index contributed by atoms with van der Waals surface area (Å²) in [6.45, 7) is 0.305. The summed E-state index contributed by atoms with van der Waals surface area (Å²) in [5.74, 6) is -0.0438. The average molecular weight is 460 g/mol. The van der Waals surface area contributed by atoms with Crippen molar-refractivity contribution in [1.82, 2.24) is 24.6 Å². The Hall–Kier alpha value is -4.98. The molecule has 0 saturated carbocycles. The van der Waals surface area contributed by atoms with E-state index in [-0.39, 0.29) is 11.8 Å². The molecule has 35 heavy (non-hydrogen) atoms. The average Bonchev–Trinajstić information content (AvgIpc) is 3.49. The topological polar surface area (TPSA) is 86.3 Å². The third kappa shape index (κ3) is 3.97. The van der Waals surface area contributed by atoms with Crippen LogP contribution in [-0.4, -0.2) is 30.5 Å². The van der Waals surface area contributed by atoms with Gasteiger partial charge in [-0.25, -0.2) is 9.20 Å². The number of pyridine rings is 1. The molecule has 1 N–H and O–H groups in total. The number of hydrogen-bond acceptors (Lipinski definition) is 5. The van der Waals surface area contributed by atoms with E-state index < -0.39 is 0 Å². The van der Waals surface area contributed by atoms with Crippen LogP contribution in [0.15, 0.2) is 103 Å². The molecule has 0 fully saturated rings. The lowest BCUT2D eigenvalue weighted by molar-refractivity contribution is 0.102. The molecule has 6 rings (SSSR count). The van der Waals surface area contributed by atoms with Gasteiger partial charge in [-0.2, -0.15) is 0 Å². The second kappa shape index (κ2) is 8.75. The van der Waals surface area contributed by atoms with Crippen molar-refractivity contribution in [3.63, 3.8) is 0 Å². The number of carbonyl (C=O) groups excluding carboxylic acids is 1. The van der Waals surface area contributed by atoms with Crippen molar-refractivity contribution >= 4 is 28.1 Å². The van der Waals surface area contributed by atoms with Crippen LogP contribution >= 0.6 is 0 Å². The number of ether oxygens (including phenoxy) is 1. The Morgan fingerprint density at radius 2 is 1.63 bits per heavy atom. The summed E-state index contributed by atoms with van der Waals surface area (Å²) in [6, 6.07) is 30.6. The Balaban J connectivity index is 1.30. The molecule has 3 heterocycles. The molecule has 8 nitrogen and oxygen atoms in total. The van der Waals surface area contributed by atoms with Gasteiger partial charge in [-0.3, -0.25) is 4.79 Å². The summed E-state index contributed by atoms with van der Waals surface area (Å²) in [7, 11) is 0. The molecule has 0 saturated heterocycles. The Bertz CT molecular complexity index is 1640. The highest BCUT2D eigenvalue weighted by Gasteiger charge is 2.22. The summed E-state index contributed by atoms with van der Waals surface area (Å²) in [4.78, 5) is 13.4. The predicted molar refractivity (Wildman–Crippen MR) is 133 cm³/mol. The molecule has 0 bridgehead atoms. The van der Waals surface area contributed by atoms with Gasteiger partial charge in [0.05, 0.1) is 16.7 Å². The Morgan fingerprint density at radius 1 is 0.857 bits per heavy atom. The van der Waals surface area contributed by atoms with Crippen LogP contribution in [-0.2, 0) is 6.61 Å². The number of carbonyl (C=O) groups is 1. The number of para-hydroxylation sites is 1. The first kappa shape index (κ1) is 20.6. The quantitative estimate of drug-likeness (QED) is 0.382. The van der Waals surface area contributed by atoms with Gasteiger partial charge in [0, 0.05) is 11.9 Å². The van der Waals surface area contributed by atoms with Gasteiger partial charge in [-0.05, 0) is 48.0 Å². The van der Waals surface area contributed by atoms with Crippen LogP contribution in [0.4, 0.5) is 5.69 Å². The maximum atomic E-state index is 13.4. The second-order valence-corrected chi connectivity index (χ2v) is 7.98. The number of nitrogens with zero attached hydrogens (tertiary/aromatic N) is 5. The van der Waals surface area contributed by atoms with Crippen molar-refractivity contribution in [2.24, 2.45) is 0 Å². The molecule has 0 unspecified atom stereocenters. The molecule has 0 aliphatic carbocycles. The van der Waals surface area contributed by atoms with Crippen LogP contribution in [0.2, 0.25) is 0 Å². The summed E-state index contributed by atoms with van der Waals surface area (Å²) in [5, 5.41) is 16.0. The number of anilines is 1. The summed E-state index contributed by atoms with van der Waals surface area (Å²) in [5.41, 5.74) is 5.05. The number of amides is 1. The molecule has 0 atom stereocenters. The van der Waals surface area contributed by atoms with Gasteiger partial charge in [-0.1, -0.05) is 59.8 Å². The fraction of sp³-hybridized carbons (Fsp3) is 0.0370. The number of rotatable bonds is 6. The molecule has 8 heteroatoms. The molecule has 0 radical (unpaired) electrons. The van der Waals surface area contributed by atoms with Gasteiger partial charge in [0.1, 0.15) is 17.7 Å². The zero-order chi connectivity index (χ0) is 23.6.